The van der Waals surface area contributed by atoms with Crippen LogP contribution in [0.1, 0.15) is 6.42 Å². The highest BCUT2D eigenvalue weighted by Crippen LogP contribution is 2.30. The van der Waals surface area contributed by atoms with Gasteiger partial charge in [0.15, 0.2) is 5.13 Å². The number of carbonyl (C=O) groups is 1. The van der Waals surface area contributed by atoms with Crippen molar-refractivity contribution in [1.82, 2.24) is 4.98 Å². The van der Waals surface area contributed by atoms with Gasteiger partial charge >= 0.3 is 0 Å². The molecule has 2 aliphatic heterocycles. The summed E-state index contributed by atoms with van der Waals surface area (Å²) in [5.41, 5.74) is 0.674. The molecule has 1 N–H and O–H groups in total. The Labute approximate surface area is 166 Å². The van der Waals surface area contributed by atoms with Gasteiger partial charge in [0.2, 0.25) is 5.76 Å². The standard InChI is InChI=1S/C19H22FN3O4S/c20-14-2-3-15-17(12-14)28-19(21-15)23(18(24)16-13-26-10-11-27-16)5-1-4-22-6-8-25-9-7-22/h2-3,12-13H,1,4-11H2/p+1. The quantitative estimate of drug-likeness (QED) is 0.772. The second kappa shape index (κ2) is 8.85. The van der Waals surface area contributed by atoms with Crippen LogP contribution < -0.4 is 9.80 Å². The van der Waals surface area contributed by atoms with Gasteiger partial charge in [0.05, 0.1) is 30.0 Å². The van der Waals surface area contributed by atoms with Crippen LogP contribution in [-0.2, 0) is 19.0 Å². The van der Waals surface area contributed by atoms with Crippen molar-refractivity contribution in [3.63, 3.8) is 0 Å². The van der Waals surface area contributed by atoms with E-state index in [1.54, 1.807) is 11.0 Å². The Morgan fingerprint density at radius 3 is 2.89 bits per heavy atom. The summed E-state index contributed by atoms with van der Waals surface area (Å²) in [6, 6.07) is 4.45. The third-order valence-corrected chi connectivity index (χ3v) is 5.83. The summed E-state index contributed by atoms with van der Waals surface area (Å²) in [6.07, 6.45) is 2.18. The molecule has 0 spiro atoms. The van der Waals surface area contributed by atoms with Gasteiger partial charge in [0, 0.05) is 13.0 Å². The fourth-order valence-corrected chi connectivity index (χ4v) is 4.31. The first-order valence-electron chi connectivity index (χ1n) is 9.44. The van der Waals surface area contributed by atoms with E-state index >= 15 is 0 Å². The van der Waals surface area contributed by atoms with Gasteiger partial charge in [0.1, 0.15) is 38.4 Å². The zero-order valence-corrected chi connectivity index (χ0v) is 16.3. The van der Waals surface area contributed by atoms with Crippen LogP contribution in [0.25, 0.3) is 10.2 Å². The van der Waals surface area contributed by atoms with Crippen molar-refractivity contribution >= 4 is 32.6 Å². The molecule has 4 rings (SSSR count). The van der Waals surface area contributed by atoms with E-state index in [-0.39, 0.29) is 17.5 Å². The molecule has 0 radical (unpaired) electrons. The number of benzene rings is 1. The summed E-state index contributed by atoms with van der Waals surface area (Å²) in [4.78, 5) is 20.7. The summed E-state index contributed by atoms with van der Waals surface area (Å²) in [5, 5.41) is 0.539. The van der Waals surface area contributed by atoms with E-state index in [1.165, 1.54) is 34.6 Å². The van der Waals surface area contributed by atoms with E-state index < -0.39 is 0 Å². The van der Waals surface area contributed by atoms with Crippen molar-refractivity contribution in [2.45, 2.75) is 6.42 Å². The molecule has 2 aliphatic rings. The number of morpholine rings is 1. The molecule has 28 heavy (non-hydrogen) atoms. The molecule has 0 unspecified atom stereocenters. The van der Waals surface area contributed by atoms with E-state index in [2.05, 4.69) is 4.98 Å². The molecule has 9 heteroatoms. The van der Waals surface area contributed by atoms with Crippen LogP contribution in [0.3, 0.4) is 0 Å². The molecule has 1 amide bonds. The molecular weight excluding hydrogens is 385 g/mol. The first kappa shape index (κ1) is 19.1. The van der Waals surface area contributed by atoms with Gasteiger partial charge in [-0.15, -0.1) is 0 Å². The third kappa shape index (κ3) is 4.43. The number of nitrogens with zero attached hydrogens (tertiary/aromatic N) is 2. The monoisotopic (exact) mass is 408 g/mol. The van der Waals surface area contributed by atoms with Crippen molar-refractivity contribution in [3.05, 3.63) is 36.0 Å². The predicted octanol–water partition coefficient (Wildman–Crippen LogP) is 0.962. The number of aromatic nitrogens is 1. The summed E-state index contributed by atoms with van der Waals surface area (Å²) >= 11 is 1.30. The smallest absolute Gasteiger partial charge is 0.298 e. The Morgan fingerprint density at radius 1 is 1.25 bits per heavy atom. The normalized spacial score (nSPS) is 17.7. The predicted molar refractivity (Wildman–Crippen MR) is 103 cm³/mol. The molecule has 2 aromatic rings. The van der Waals surface area contributed by atoms with Gasteiger partial charge in [-0.1, -0.05) is 11.3 Å². The zero-order valence-electron chi connectivity index (χ0n) is 15.5. The lowest BCUT2D eigenvalue weighted by Gasteiger charge is -2.26. The zero-order chi connectivity index (χ0) is 19.3. The van der Waals surface area contributed by atoms with Crippen LogP contribution in [0.5, 0.6) is 0 Å². The highest BCUT2D eigenvalue weighted by atomic mass is 32.1. The Hall–Kier alpha value is -2.23. The Bertz CT molecular complexity index is 866. The molecule has 150 valence electrons. The minimum atomic E-state index is -0.316. The van der Waals surface area contributed by atoms with Crippen LogP contribution >= 0.6 is 11.3 Å². The molecule has 7 nitrogen and oxygen atoms in total. The number of halogens is 1. The van der Waals surface area contributed by atoms with Crippen LogP contribution in [0.15, 0.2) is 30.2 Å². The van der Waals surface area contributed by atoms with Crippen LogP contribution in [0.2, 0.25) is 0 Å². The summed E-state index contributed by atoms with van der Waals surface area (Å²) in [5.74, 6) is -0.421. The summed E-state index contributed by atoms with van der Waals surface area (Å²) < 4.78 is 30.4. The summed E-state index contributed by atoms with van der Waals surface area (Å²) in [7, 11) is 0. The van der Waals surface area contributed by atoms with Crippen molar-refractivity contribution in [2.75, 3.05) is 57.5 Å². The van der Waals surface area contributed by atoms with Crippen molar-refractivity contribution < 1.29 is 28.3 Å². The maximum atomic E-state index is 13.5. The minimum Gasteiger partial charge on any atom is -0.494 e. The molecule has 0 atom stereocenters. The number of hydrogen-bond acceptors (Lipinski definition) is 6. The Balaban J connectivity index is 1.52. The lowest BCUT2D eigenvalue weighted by Crippen LogP contribution is -3.14. The van der Waals surface area contributed by atoms with Gasteiger partial charge in [-0.25, -0.2) is 9.37 Å². The average Bonchev–Trinajstić information content (AvgIpc) is 3.15. The highest BCUT2D eigenvalue weighted by Gasteiger charge is 2.26. The molecule has 3 heterocycles. The van der Waals surface area contributed by atoms with Crippen LogP contribution in [-0.4, -0.2) is 63.5 Å². The molecular formula is C19H23FN3O4S+. The molecule has 1 saturated heterocycles. The molecule has 1 fully saturated rings. The number of nitrogens with one attached hydrogen (secondary N) is 1. The van der Waals surface area contributed by atoms with Gasteiger partial charge in [0.25, 0.3) is 5.91 Å². The van der Waals surface area contributed by atoms with E-state index in [9.17, 15) is 9.18 Å². The van der Waals surface area contributed by atoms with Gasteiger partial charge in [-0.2, -0.15) is 0 Å². The van der Waals surface area contributed by atoms with Gasteiger partial charge in [-0.3, -0.25) is 9.69 Å². The third-order valence-electron chi connectivity index (χ3n) is 4.79. The molecule has 0 saturated carbocycles. The topological polar surface area (TPSA) is 65.3 Å². The molecule has 0 bridgehead atoms. The second-order valence-corrected chi connectivity index (χ2v) is 7.74. The van der Waals surface area contributed by atoms with E-state index in [0.717, 1.165) is 39.3 Å². The van der Waals surface area contributed by atoms with E-state index in [1.807, 2.05) is 0 Å². The van der Waals surface area contributed by atoms with Crippen LogP contribution in [0, 0.1) is 5.82 Å². The SMILES string of the molecule is O=C(C1=COCCO1)N(CCC[NH+]1CCOCC1)c1nc2ccc(F)cc2s1. The van der Waals surface area contributed by atoms with Gasteiger partial charge < -0.3 is 19.1 Å². The number of amides is 1. The van der Waals surface area contributed by atoms with E-state index in [4.69, 9.17) is 14.2 Å². The maximum Gasteiger partial charge on any atom is 0.298 e. The summed E-state index contributed by atoms with van der Waals surface area (Å²) in [6.45, 7) is 5.74. The first-order chi connectivity index (χ1) is 13.7. The number of carbonyl (C=O) groups excluding carboxylic acids is 1. The lowest BCUT2D eigenvalue weighted by molar-refractivity contribution is -0.908. The molecule has 1 aromatic carbocycles. The number of rotatable bonds is 6. The number of ether oxygens (including phenoxy) is 3. The van der Waals surface area contributed by atoms with Crippen LogP contribution in [0.4, 0.5) is 9.52 Å². The number of quaternary nitrogens is 1. The van der Waals surface area contributed by atoms with E-state index in [0.29, 0.717) is 35.1 Å². The molecule has 1 aromatic heterocycles. The average molecular weight is 408 g/mol. The van der Waals surface area contributed by atoms with Crippen molar-refractivity contribution in [2.24, 2.45) is 0 Å². The minimum absolute atomic E-state index is 0.176. The second-order valence-electron chi connectivity index (χ2n) is 6.73. The number of anilines is 1. The van der Waals surface area contributed by atoms with Crippen molar-refractivity contribution in [1.29, 1.82) is 0 Å². The number of hydrogen-bond donors (Lipinski definition) is 1. The fraction of sp³-hybridized carbons (Fsp3) is 0.474. The number of fused-ring (bicyclic) bond motifs is 1. The largest absolute Gasteiger partial charge is 0.494 e. The Kier molecular flexibility index (Phi) is 6.04. The van der Waals surface area contributed by atoms with Crippen molar-refractivity contribution in [3.8, 4) is 0 Å². The fourth-order valence-electron chi connectivity index (χ4n) is 3.30. The Morgan fingerprint density at radius 2 is 2.11 bits per heavy atom. The van der Waals surface area contributed by atoms with Gasteiger partial charge in [-0.05, 0) is 18.2 Å². The maximum absolute atomic E-state index is 13.5. The lowest BCUT2D eigenvalue weighted by atomic mass is 10.3. The first-order valence-corrected chi connectivity index (χ1v) is 10.3. The number of thiazole rings is 1. The molecule has 0 aliphatic carbocycles. The highest BCUT2D eigenvalue weighted by molar-refractivity contribution is 7.22.